The summed E-state index contributed by atoms with van der Waals surface area (Å²) in [5.74, 6) is 0. The summed E-state index contributed by atoms with van der Waals surface area (Å²) in [6.07, 6.45) is 3.28. The number of nitrogens with one attached hydrogen (secondary N) is 1. The highest BCUT2D eigenvalue weighted by atomic mass is 32.2. The molecule has 0 aliphatic carbocycles. The van der Waals surface area contributed by atoms with Gasteiger partial charge in [0.15, 0.2) is 0 Å². The second-order valence-corrected chi connectivity index (χ2v) is 6.08. The molecule has 0 saturated heterocycles. The fourth-order valence-electron chi connectivity index (χ4n) is 1.74. The Morgan fingerprint density at radius 1 is 1.33 bits per heavy atom. The maximum absolute atomic E-state index is 11.3. The van der Waals surface area contributed by atoms with E-state index in [4.69, 9.17) is 10.9 Å². The molecule has 0 spiro atoms. The topological polar surface area (TPSA) is 98.2 Å². The zero-order valence-electron chi connectivity index (χ0n) is 10.8. The molecule has 0 aliphatic heterocycles. The van der Waals surface area contributed by atoms with E-state index in [0.717, 1.165) is 19.3 Å². The molecule has 18 heavy (non-hydrogen) atoms. The van der Waals surface area contributed by atoms with Gasteiger partial charge in [0, 0.05) is 17.4 Å². The first-order chi connectivity index (χ1) is 8.32. The van der Waals surface area contributed by atoms with Gasteiger partial charge in [-0.1, -0.05) is 19.8 Å². The van der Waals surface area contributed by atoms with Gasteiger partial charge in [-0.15, -0.1) is 0 Å². The smallest absolute Gasteiger partial charge is 0.238 e. The molecule has 1 rings (SSSR count). The minimum absolute atomic E-state index is 0.0349. The van der Waals surface area contributed by atoms with E-state index >= 15 is 0 Å². The van der Waals surface area contributed by atoms with Gasteiger partial charge in [0.1, 0.15) is 0 Å². The summed E-state index contributed by atoms with van der Waals surface area (Å²) in [6.45, 7) is 4.18. The number of nitrogen functional groups attached to an aromatic ring is 1. The SMILES string of the molecule is CCCCC(C)Nc1cc(N)cc(S(N)(=O)=O)c1. The van der Waals surface area contributed by atoms with Crippen LogP contribution in [0, 0.1) is 0 Å². The third-order valence-corrected chi connectivity index (χ3v) is 3.55. The van der Waals surface area contributed by atoms with Gasteiger partial charge in [0.05, 0.1) is 4.90 Å². The zero-order valence-corrected chi connectivity index (χ0v) is 11.6. The molecule has 102 valence electrons. The lowest BCUT2D eigenvalue weighted by molar-refractivity contribution is 0.597. The van der Waals surface area contributed by atoms with Crippen LogP contribution in [0.25, 0.3) is 0 Å². The van der Waals surface area contributed by atoms with Crippen LogP contribution in [0.1, 0.15) is 33.1 Å². The quantitative estimate of drug-likeness (QED) is 0.688. The van der Waals surface area contributed by atoms with Crippen molar-refractivity contribution in [1.82, 2.24) is 0 Å². The van der Waals surface area contributed by atoms with Crippen molar-refractivity contribution >= 4 is 21.4 Å². The third kappa shape index (κ3) is 4.54. The monoisotopic (exact) mass is 271 g/mol. The maximum Gasteiger partial charge on any atom is 0.238 e. The van der Waals surface area contributed by atoms with Gasteiger partial charge >= 0.3 is 0 Å². The van der Waals surface area contributed by atoms with Crippen molar-refractivity contribution in [2.75, 3.05) is 11.1 Å². The van der Waals surface area contributed by atoms with E-state index in [-0.39, 0.29) is 10.9 Å². The van der Waals surface area contributed by atoms with Crippen LogP contribution in [0.4, 0.5) is 11.4 Å². The van der Waals surface area contributed by atoms with Crippen molar-refractivity contribution in [3.63, 3.8) is 0 Å². The van der Waals surface area contributed by atoms with Gasteiger partial charge in [0.25, 0.3) is 0 Å². The fraction of sp³-hybridized carbons (Fsp3) is 0.500. The Balaban J connectivity index is 2.87. The molecule has 0 amide bonds. The normalized spacial score (nSPS) is 13.3. The molecule has 1 unspecified atom stereocenters. The molecule has 6 heteroatoms. The minimum Gasteiger partial charge on any atom is -0.399 e. The number of sulfonamides is 1. The molecular formula is C12H21N3O2S. The zero-order chi connectivity index (χ0) is 13.8. The van der Waals surface area contributed by atoms with Crippen LogP contribution in [0.15, 0.2) is 23.1 Å². The predicted molar refractivity (Wildman–Crippen MR) is 74.8 cm³/mol. The molecule has 0 bridgehead atoms. The lowest BCUT2D eigenvalue weighted by Gasteiger charge is -2.16. The van der Waals surface area contributed by atoms with Crippen molar-refractivity contribution in [3.05, 3.63) is 18.2 Å². The molecular weight excluding hydrogens is 250 g/mol. The first-order valence-corrected chi connectivity index (χ1v) is 7.57. The summed E-state index contributed by atoms with van der Waals surface area (Å²) in [5.41, 5.74) is 6.74. The maximum atomic E-state index is 11.3. The predicted octanol–water partition coefficient (Wildman–Crippen LogP) is 1.91. The van der Waals surface area contributed by atoms with E-state index in [1.807, 2.05) is 0 Å². The van der Waals surface area contributed by atoms with Crippen molar-refractivity contribution < 1.29 is 8.42 Å². The first kappa shape index (κ1) is 14.8. The molecule has 1 aromatic rings. The highest BCUT2D eigenvalue weighted by molar-refractivity contribution is 7.89. The van der Waals surface area contributed by atoms with Crippen molar-refractivity contribution in [3.8, 4) is 0 Å². The molecule has 1 atom stereocenters. The van der Waals surface area contributed by atoms with Crippen LogP contribution in [-0.2, 0) is 10.0 Å². The highest BCUT2D eigenvalue weighted by Gasteiger charge is 2.11. The number of benzene rings is 1. The Morgan fingerprint density at radius 3 is 2.56 bits per heavy atom. The minimum atomic E-state index is -3.72. The van der Waals surface area contributed by atoms with Crippen LogP contribution in [-0.4, -0.2) is 14.5 Å². The van der Waals surface area contributed by atoms with Gasteiger partial charge in [-0.3, -0.25) is 0 Å². The number of nitrogens with two attached hydrogens (primary N) is 2. The van der Waals surface area contributed by atoms with Gasteiger partial charge in [0.2, 0.25) is 10.0 Å². The van der Waals surface area contributed by atoms with Crippen molar-refractivity contribution in [2.24, 2.45) is 5.14 Å². The summed E-state index contributed by atoms with van der Waals surface area (Å²) in [5, 5.41) is 8.32. The molecule has 0 saturated carbocycles. The van der Waals surface area contributed by atoms with E-state index < -0.39 is 10.0 Å². The van der Waals surface area contributed by atoms with Gasteiger partial charge in [-0.05, 0) is 31.5 Å². The molecule has 1 aromatic carbocycles. The fourth-order valence-corrected chi connectivity index (χ4v) is 2.33. The Kier molecular flexibility index (Phi) is 4.98. The number of hydrogen-bond donors (Lipinski definition) is 3. The summed E-state index contributed by atoms with van der Waals surface area (Å²) in [6, 6.07) is 4.84. The standard InChI is InChI=1S/C12H21N3O2S/c1-3-4-5-9(2)15-11-6-10(13)7-12(8-11)18(14,16)17/h6-9,15H,3-5,13H2,1-2H3,(H2,14,16,17). The van der Waals surface area contributed by atoms with Crippen LogP contribution >= 0.6 is 0 Å². The highest BCUT2D eigenvalue weighted by Crippen LogP contribution is 2.21. The molecule has 0 radical (unpaired) electrons. The Bertz CT molecular complexity index is 500. The molecule has 0 aliphatic rings. The van der Waals surface area contributed by atoms with Gasteiger partial charge < -0.3 is 11.1 Å². The average molecular weight is 271 g/mol. The van der Waals surface area contributed by atoms with E-state index in [2.05, 4.69) is 19.2 Å². The Morgan fingerprint density at radius 2 is 2.00 bits per heavy atom. The summed E-state index contributed by atoms with van der Waals surface area (Å²) in [7, 11) is -3.72. The molecule has 0 fully saturated rings. The summed E-state index contributed by atoms with van der Waals surface area (Å²) < 4.78 is 22.6. The van der Waals surface area contributed by atoms with Crippen LogP contribution in [0.3, 0.4) is 0 Å². The molecule has 5 N–H and O–H groups in total. The van der Waals surface area contributed by atoms with E-state index in [1.54, 1.807) is 6.07 Å². The van der Waals surface area contributed by atoms with Crippen molar-refractivity contribution in [1.29, 1.82) is 0 Å². The second-order valence-electron chi connectivity index (χ2n) is 4.52. The Labute approximate surface area is 109 Å². The van der Waals surface area contributed by atoms with E-state index in [9.17, 15) is 8.42 Å². The van der Waals surface area contributed by atoms with E-state index in [0.29, 0.717) is 11.4 Å². The van der Waals surface area contributed by atoms with E-state index in [1.165, 1.54) is 12.1 Å². The number of unbranched alkanes of at least 4 members (excludes halogenated alkanes) is 1. The summed E-state index contributed by atoms with van der Waals surface area (Å²) in [4.78, 5) is 0.0349. The van der Waals surface area contributed by atoms with Crippen LogP contribution in [0.2, 0.25) is 0 Å². The van der Waals surface area contributed by atoms with Gasteiger partial charge in [-0.25, -0.2) is 13.6 Å². The van der Waals surface area contributed by atoms with Crippen LogP contribution in [0.5, 0.6) is 0 Å². The molecule has 0 heterocycles. The molecule has 5 nitrogen and oxygen atoms in total. The Hall–Kier alpha value is -1.27. The first-order valence-electron chi connectivity index (χ1n) is 6.03. The number of anilines is 2. The average Bonchev–Trinajstić information content (AvgIpc) is 2.24. The largest absolute Gasteiger partial charge is 0.399 e. The second kappa shape index (κ2) is 6.06. The lowest BCUT2D eigenvalue weighted by atomic mass is 10.1. The number of rotatable bonds is 6. The number of hydrogen-bond acceptors (Lipinski definition) is 4. The lowest BCUT2D eigenvalue weighted by Crippen LogP contribution is -2.17. The molecule has 0 aromatic heterocycles. The number of primary sulfonamides is 1. The summed E-state index contributed by atoms with van der Waals surface area (Å²) >= 11 is 0. The third-order valence-electron chi connectivity index (χ3n) is 2.66. The van der Waals surface area contributed by atoms with Crippen LogP contribution < -0.4 is 16.2 Å². The van der Waals surface area contributed by atoms with Crippen molar-refractivity contribution in [2.45, 2.75) is 44.0 Å². The van der Waals surface area contributed by atoms with Gasteiger partial charge in [-0.2, -0.15) is 0 Å².